The molecular weight excluding hydrogens is 291 g/mol. The molecule has 22 heavy (non-hydrogen) atoms. The third-order valence-electron chi connectivity index (χ3n) is 3.78. The largest absolute Gasteiger partial charge is 0.477 e. The van der Waals surface area contributed by atoms with Crippen molar-refractivity contribution in [1.29, 1.82) is 0 Å². The van der Waals surface area contributed by atoms with E-state index in [1.807, 2.05) is 13.8 Å². The molecule has 1 aromatic heterocycles. The summed E-state index contributed by atoms with van der Waals surface area (Å²) < 4.78 is 21.5. The first-order valence-electron chi connectivity index (χ1n) is 6.82. The number of aromatic carboxylic acids is 1. The number of benzene rings is 1. The van der Waals surface area contributed by atoms with Crippen LogP contribution in [0, 0.1) is 5.82 Å². The first-order chi connectivity index (χ1) is 10.3. The average molecular weight is 306 g/mol. The number of pyridine rings is 1. The number of ether oxygens (including phenoxy) is 1. The van der Waals surface area contributed by atoms with Gasteiger partial charge in [-0.05, 0) is 12.0 Å². The zero-order valence-electron chi connectivity index (χ0n) is 12.4. The molecule has 0 amide bonds. The summed E-state index contributed by atoms with van der Waals surface area (Å²) in [5.74, 6) is -1.73. The van der Waals surface area contributed by atoms with E-state index in [1.54, 1.807) is 12.1 Å². The maximum atomic E-state index is 14.4. The molecule has 3 rings (SSSR count). The summed E-state index contributed by atoms with van der Waals surface area (Å²) in [6.07, 6.45) is 1.25. The van der Waals surface area contributed by atoms with E-state index >= 15 is 0 Å². The molecule has 0 atom stereocenters. The summed E-state index contributed by atoms with van der Waals surface area (Å²) in [7, 11) is 1.69. The van der Waals surface area contributed by atoms with Crippen LogP contribution in [0.3, 0.4) is 0 Å². The van der Waals surface area contributed by atoms with E-state index in [1.165, 1.54) is 10.9 Å². The Morgan fingerprint density at radius 2 is 2.14 bits per heavy atom. The van der Waals surface area contributed by atoms with Crippen molar-refractivity contribution in [2.24, 2.45) is 0 Å². The van der Waals surface area contributed by atoms with E-state index < -0.39 is 22.8 Å². The minimum absolute atomic E-state index is 0.00310. The lowest BCUT2D eigenvalue weighted by atomic mass is 9.98. The van der Waals surface area contributed by atoms with Gasteiger partial charge in [-0.15, -0.1) is 0 Å². The van der Waals surface area contributed by atoms with Crippen LogP contribution in [0.25, 0.3) is 10.9 Å². The van der Waals surface area contributed by atoms with Crippen LogP contribution in [0.2, 0.25) is 0 Å². The van der Waals surface area contributed by atoms with Gasteiger partial charge in [-0.3, -0.25) is 14.5 Å². The highest BCUT2D eigenvalue weighted by atomic mass is 19.1. The Hall–Kier alpha value is -2.57. The van der Waals surface area contributed by atoms with Crippen LogP contribution in [-0.4, -0.2) is 29.5 Å². The van der Waals surface area contributed by atoms with Gasteiger partial charge in [0.1, 0.15) is 16.9 Å². The Kier molecular flexibility index (Phi) is 3.09. The monoisotopic (exact) mass is 306 g/mol. The third-order valence-corrected chi connectivity index (χ3v) is 3.78. The van der Waals surface area contributed by atoms with Crippen molar-refractivity contribution in [2.75, 3.05) is 18.8 Å². The molecule has 0 aliphatic carbocycles. The predicted octanol–water partition coefficient (Wildman–Crippen LogP) is 1.88. The number of hydrogen-bond donors (Lipinski definition) is 1. The number of rotatable bonds is 2. The lowest BCUT2D eigenvalue weighted by molar-refractivity contribution is 0.0694. The topological polar surface area (TPSA) is 71.8 Å². The first kappa shape index (κ1) is 14.4. The first-order valence-corrected chi connectivity index (χ1v) is 6.82. The SMILES string of the molecule is CC(C)c1c(F)cc2c(=O)c(C(=O)O)cn3c2c1OCN3C. The molecule has 0 bridgehead atoms. The Balaban J connectivity index is 2.54. The Bertz CT molecular complexity index is 857. The maximum Gasteiger partial charge on any atom is 0.341 e. The molecule has 1 N–H and O–H groups in total. The van der Waals surface area contributed by atoms with Crippen molar-refractivity contribution in [3.05, 3.63) is 39.4 Å². The summed E-state index contributed by atoms with van der Waals surface area (Å²) in [5, 5.41) is 10.8. The number of aromatic nitrogens is 1. The quantitative estimate of drug-likeness (QED) is 0.917. The van der Waals surface area contributed by atoms with Crippen molar-refractivity contribution in [3.63, 3.8) is 0 Å². The zero-order chi connectivity index (χ0) is 16.2. The van der Waals surface area contributed by atoms with Crippen molar-refractivity contribution < 1.29 is 19.0 Å². The molecule has 1 aliphatic heterocycles. The Morgan fingerprint density at radius 3 is 2.73 bits per heavy atom. The average Bonchev–Trinajstić information content (AvgIpc) is 2.43. The summed E-state index contributed by atoms with van der Waals surface area (Å²) >= 11 is 0. The maximum absolute atomic E-state index is 14.4. The molecule has 0 radical (unpaired) electrons. The minimum atomic E-state index is -1.34. The normalized spacial score (nSPS) is 13.6. The molecule has 116 valence electrons. The van der Waals surface area contributed by atoms with Gasteiger partial charge in [0, 0.05) is 18.8 Å². The van der Waals surface area contributed by atoms with Gasteiger partial charge in [-0.1, -0.05) is 13.8 Å². The van der Waals surface area contributed by atoms with Crippen LogP contribution in [0.1, 0.15) is 35.7 Å². The van der Waals surface area contributed by atoms with Gasteiger partial charge < -0.3 is 9.84 Å². The van der Waals surface area contributed by atoms with E-state index in [2.05, 4.69) is 0 Å². The van der Waals surface area contributed by atoms with E-state index in [9.17, 15) is 19.1 Å². The highest BCUT2D eigenvalue weighted by Crippen LogP contribution is 2.37. The van der Waals surface area contributed by atoms with Crippen molar-refractivity contribution in [1.82, 2.24) is 4.68 Å². The lowest BCUT2D eigenvalue weighted by Crippen LogP contribution is -2.39. The fourth-order valence-electron chi connectivity index (χ4n) is 2.75. The van der Waals surface area contributed by atoms with Gasteiger partial charge in [-0.2, -0.15) is 0 Å². The minimum Gasteiger partial charge on any atom is -0.477 e. The molecule has 2 aromatic rings. The van der Waals surface area contributed by atoms with Gasteiger partial charge in [0.05, 0.1) is 5.39 Å². The molecule has 7 heteroatoms. The Morgan fingerprint density at radius 1 is 1.45 bits per heavy atom. The zero-order valence-corrected chi connectivity index (χ0v) is 12.4. The van der Waals surface area contributed by atoms with Gasteiger partial charge in [0.15, 0.2) is 12.5 Å². The van der Waals surface area contributed by atoms with Crippen LogP contribution in [0.15, 0.2) is 17.1 Å². The molecule has 0 saturated heterocycles. The van der Waals surface area contributed by atoms with Gasteiger partial charge in [0.25, 0.3) is 0 Å². The smallest absolute Gasteiger partial charge is 0.341 e. The van der Waals surface area contributed by atoms with Gasteiger partial charge in [0.2, 0.25) is 5.43 Å². The highest BCUT2D eigenvalue weighted by molar-refractivity contribution is 5.95. The molecule has 2 heterocycles. The van der Waals surface area contributed by atoms with Crippen LogP contribution in [0.5, 0.6) is 5.75 Å². The second-order valence-corrected chi connectivity index (χ2v) is 5.60. The van der Waals surface area contributed by atoms with Crippen LogP contribution in [0.4, 0.5) is 4.39 Å². The number of carbonyl (C=O) groups is 1. The second kappa shape index (κ2) is 4.72. The van der Waals surface area contributed by atoms with Crippen molar-refractivity contribution >= 4 is 16.9 Å². The third kappa shape index (κ3) is 1.85. The van der Waals surface area contributed by atoms with Gasteiger partial charge in [-0.25, -0.2) is 9.18 Å². The number of nitrogens with zero attached hydrogens (tertiary/aromatic N) is 2. The summed E-state index contributed by atoms with van der Waals surface area (Å²) in [6, 6.07) is 1.10. The Labute approximate surface area is 125 Å². The molecule has 0 saturated carbocycles. The van der Waals surface area contributed by atoms with Crippen molar-refractivity contribution in [3.8, 4) is 5.75 Å². The van der Waals surface area contributed by atoms with Crippen LogP contribution < -0.4 is 15.2 Å². The summed E-state index contributed by atoms with van der Waals surface area (Å²) in [5.41, 5.74) is -0.331. The van der Waals surface area contributed by atoms with Crippen LogP contribution >= 0.6 is 0 Å². The number of carboxylic acid groups (broad SMARTS) is 1. The molecule has 0 spiro atoms. The number of halogens is 1. The summed E-state index contributed by atoms with van der Waals surface area (Å²) in [4.78, 5) is 23.6. The summed E-state index contributed by atoms with van der Waals surface area (Å²) in [6.45, 7) is 3.79. The standard InChI is InChI=1S/C15H15FN2O4/c1-7(2)11-10(16)4-8-12-14(11)22-6-17(3)18(12)5-9(13(8)19)15(20)21/h4-5,7H,6H2,1-3H3,(H,20,21). The van der Waals surface area contributed by atoms with Crippen molar-refractivity contribution in [2.45, 2.75) is 19.8 Å². The molecule has 0 fully saturated rings. The second-order valence-electron chi connectivity index (χ2n) is 5.60. The highest BCUT2D eigenvalue weighted by Gasteiger charge is 2.27. The van der Waals surface area contributed by atoms with E-state index in [0.29, 0.717) is 16.8 Å². The predicted molar refractivity (Wildman–Crippen MR) is 78.9 cm³/mol. The molecule has 6 nitrogen and oxygen atoms in total. The molecule has 1 aromatic carbocycles. The van der Waals surface area contributed by atoms with Gasteiger partial charge >= 0.3 is 5.97 Å². The number of carboxylic acids is 1. The molecule has 0 unspecified atom stereocenters. The fraction of sp³-hybridized carbons (Fsp3) is 0.333. The van der Waals surface area contributed by atoms with E-state index in [0.717, 1.165) is 6.07 Å². The molecule has 1 aliphatic rings. The number of hydrogen-bond acceptors (Lipinski definition) is 4. The molecular formula is C15H15FN2O4. The van der Waals surface area contributed by atoms with E-state index in [4.69, 9.17) is 4.74 Å². The fourth-order valence-corrected chi connectivity index (χ4v) is 2.75. The van der Waals surface area contributed by atoms with E-state index in [-0.39, 0.29) is 18.0 Å². The lowest BCUT2D eigenvalue weighted by Gasteiger charge is -2.32. The van der Waals surface area contributed by atoms with Crippen LogP contribution in [-0.2, 0) is 0 Å².